The largest absolute Gasteiger partial charge is 0.502 e. The van der Waals surface area contributed by atoms with Gasteiger partial charge in [-0.1, -0.05) is 18.2 Å². The molecule has 3 unspecified atom stereocenters. The number of anilines is 2. The first-order valence-electron chi connectivity index (χ1n) is 43.4. The molecule has 3 aliphatic heterocycles. The zero-order chi connectivity index (χ0) is 94.1. The highest BCUT2D eigenvalue weighted by molar-refractivity contribution is 8.00. The Kier molecular flexibility index (Phi) is 39.4. The smallest absolute Gasteiger partial charge is 0.310 e. The van der Waals surface area contributed by atoms with Crippen LogP contribution in [0.15, 0.2) is 79.0 Å². The van der Waals surface area contributed by atoms with Gasteiger partial charge in [0, 0.05) is 97.9 Å². The molecule has 4 aliphatic rings. The summed E-state index contributed by atoms with van der Waals surface area (Å²) in [5.74, 6) is -10.2. The number of H-pyrrole nitrogens is 1. The first-order chi connectivity index (χ1) is 62.5. The molecule has 13 atom stereocenters. The number of phenolic OH excluding ortho intramolecular Hbond substituents is 1. The van der Waals surface area contributed by atoms with Crippen LogP contribution >= 0.6 is 23.5 Å². The van der Waals surface area contributed by atoms with Gasteiger partial charge < -0.3 is 138 Å². The molecule has 5 aromatic rings. The standard InChI is InChI=1S/C86H123N23O19S2/c1-124-65-37-46(38-66(125-2)74(65)113)71-51-39-63-64(128-45-127-63)40-52(51)73(53-43-126-84(123)72(53)71)101-49-23-21-48(22-24-49)100-69(111)26-34-109-70(112)41-67(83(109)122)130-44-54(90)76(115)96-33-25-68(110)102-57(19-12-31-97-85(92)93)77(116)105-60(20-13-32-98-86(94)95)79(118)107-61(27-35-129-3)81(120)104-59(18-8-11-30-89)80(119)108-62(36-47-42-99-55-15-5-4-14-50(47)55)82(121)106-58(17-7-10-29-88)78(117)103-56(75(91)114)16-6-9-28-87/h4-5,14-15,21-24,37-40,42,53-54,56-62,67,71-73,99,101,113H,6-13,16-20,25-36,41,43-45,87-90H2,1-3H3,(H2,91,114)(H,96,115)(H,100,111)(H,102,110)(H,103,117)(H,104,120)(H,105,116)(H,106,121)(H,107,118)(H,108,119)(H4,92,93,97)(H4,94,95,98)/t53-,54-,56-,57-,58-,59-,60-,61-,62-,67?,71?,72-,73?/m0/s1. The van der Waals surface area contributed by atoms with Crippen LogP contribution in [0.2, 0.25) is 0 Å². The zero-order valence-corrected chi connectivity index (χ0v) is 74.8. The number of benzene rings is 4. The number of carbonyl (C=O) groups is 13. The number of likely N-dealkylation sites (tertiary alicyclic amines) is 1. The number of carbonyl (C=O) groups excluding carboxylic acids is 13. The Balaban J connectivity index is 0.784. The van der Waals surface area contributed by atoms with Crippen molar-refractivity contribution in [3.05, 3.63) is 101 Å². The summed E-state index contributed by atoms with van der Waals surface area (Å²) >= 11 is 2.31. The van der Waals surface area contributed by atoms with Crippen LogP contribution in [0.1, 0.15) is 143 Å². The first-order valence-corrected chi connectivity index (χ1v) is 45.8. The topological polar surface area (TPSA) is 682 Å². The van der Waals surface area contributed by atoms with Crippen molar-refractivity contribution in [1.82, 2.24) is 63.1 Å². The van der Waals surface area contributed by atoms with Gasteiger partial charge in [-0.05, 0) is 198 Å². The number of fused-ring (bicyclic) bond motifs is 4. The van der Waals surface area contributed by atoms with Crippen LogP contribution in [0.4, 0.5) is 11.4 Å². The second-order valence-electron chi connectivity index (χ2n) is 32.0. The van der Waals surface area contributed by atoms with E-state index in [0.29, 0.717) is 84.8 Å². The van der Waals surface area contributed by atoms with Gasteiger partial charge >= 0.3 is 5.97 Å². The zero-order valence-electron chi connectivity index (χ0n) is 73.1. The second-order valence-corrected chi connectivity index (χ2v) is 34.2. The van der Waals surface area contributed by atoms with Gasteiger partial charge in [-0.25, -0.2) is 0 Å². The van der Waals surface area contributed by atoms with Gasteiger partial charge in [-0.2, -0.15) is 11.8 Å². The fraction of sp³-hybridized carbons (Fsp3) is 0.523. The lowest BCUT2D eigenvalue weighted by atomic mass is 9.65. The van der Waals surface area contributed by atoms with Gasteiger partial charge in [0.25, 0.3) is 0 Å². The molecule has 1 aromatic heterocycles. The number of guanidine groups is 2. The average Bonchev–Trinajstić information content (AvgIpc) is 1.48. The van der Waals surface area contributed by atoms with Gasteiger partial charge in [-0.15, -0.1) is 11.8 Å². The number of aromatic amines is 1. The SMILES string of the molecule is COc1cc(C2c3cc4c(cc3C(Nc3ccc(NC(=O)CCN5C(=O)CC(SC[C@H](N)C(=O)NCCC(=O)N[C@@H](CCCNC(=N)N)C(=O)N[C@@H](CCCNC(=N)N)C(=O)N[C@@H](CCSC)C(=O)N[C@@H](CCCCN)C(=O)N[C@@H](Cc6c[nH]c7ccccc67)C(=O)N[C@@H](CCCCN)C(=O)N[C@@H](CCCCN)C(N)=O)C5=O)cc3)[C@H]3COC(=O)[C@H]23)OCO4)cc(OC)c1O. The van der Waals surface area contributed by atoms with Crippen molar-refractivity contribution < 1.29 is 91.1 Å². The molecule has 4 heterocycles. The van der Waals surface area contributed by atoms with Crippen LogP contribution in [-0.2, 0) is 73.5 Å². The Morgan fingerprint density at radius 3 is 1.64 bits per heavy atom. The number of primary amides is 1. The number of aromatic nitrogens is 1. The molecule has 9 rings (SSSR count). The Labute approximate surface area is 760 Å². The van der Waals surface area contributed by atoms with Crippen molar-refractivity contribution in [3.8, 4) is 28.7 Å². The molecule has 130 heavy (non-hydrogen) atoms. The van der Waals surface area contributed by atoms with E-state index >= 15 is 0 Å². The van der Waals surface area contributed by atoms with E-state index in [9.17, 15) is 67.4 Å². The van der Waals surface area contributed by atoms with Crippen LogP contribution in [0.3, 0.4) is 0 Å². The van der Waals surface area contributed by atoms with Gasteiger partial charge in [0.2, 0.25) is 83.4 Å². The number of phenols is 1. The van der Waals surface area contributed by atoms with E-state index in [4.69, 9.17) is 74.6 Å². The lowest BCUT2D eigenvalue weighted by Gasteiger charge is -2.40. The van der Waals surface area contributed by atoms with Crippen molar-refractivity contribution in [2.45, 2.75) is 181 Å². The van der Waals surface area contributed by atoms with Crippen LogP contribution < -0.4 is 123 Å². The molecule has 4 aromatic carbocycles. The van der Waals surface area contributed by atoms with Gasteiger partial charge in [0.15, 0.2) is 34.9 Å². The van der Waals surface area contributed by atoms with Crippen molar-refractivity contribution in [1.29, 1.82) is 10.8 Å². The maximum atomic E-state index is 14.9. The van der Waals surface area contributed by atoms with E-state index in [0.717, 1.165) is 38.7 Å². The molecule has 0 radical (unpaired) electrons. The molecule has 12 amide bonds. The number of imide groups is 1. The molecule has 2 fully saturated rings. The Hall–Kier alpha value is -12.4. The highest BCUT2D eigenvalue weighted by atomic mass is 32.2. The fourth-order valence-electron chi connectivity index (χ4n) is 15.9. The summed E-state index contributed by atoms with van der Waals surface area (Å²) < 4.78 is 28.4. The van der Waals surface area contributed by atoms with Gasteiger partial charge in [-0.3, -0.25) is 78.0 Å². The van der Waals surface area contributed by atoms with E-state index in [1.165, 1.54) is 26.0 Å². The van der Waals surface area contributed by atoms with Gasteiger partial charge in [0.1, 0.15) is 42.3 Å². The molecule has 2 saturated heterocycles. The Morgan fingerprint density at radius 2 is 1.09 bits per heavy atom. The maximum Gasteiger partial charge on any atom is 0.310 e. The number of hydrogen-bond acceptors (Lipinski definition) is 28. The third-order valence-electron chi connectivity index (χ3n) is 22.8. The van der Waals surface area contributed by atoms with Crippen molar-refractivity contribution in [2.24, 2.45) is 52.0 Å². The van der Waals surface area contributed by atoms with Crippen molar-refractivity contribution >= 4 is 135 Å². The predicted octanol–water partition coefficient (Wildman–Crippen LogP) is -0.482. The number of esters is 1. The molecule has 0 spiro atoms. The number of thioether (sulfide) groups is 2. The molecular formula is C86H123N23O19S2. The number of hydrogen-bond donors (Lipinski definition) is 23. The van der Waals surface area contributed by atoms with Crippen LogP contribution in [0.5, 0.6) is 28.7 Å². The molecule has 42 nitrogen and oxygen atoms in total. The summed E-state index contributed by atoms with van der Waals surface area (Å²) in [5.41, 5.74) is 45.1. The first kappa shape index (κ1) is 101. The summed E-state index contributed by atoms with van der Waals surface area (Å²) in [6.07, 6.45) is 5.48. The van der Waals surface area contributed by atoms with Crippen molar-refractivity contribution in [2.75, 3.05) is 102 Å². The number of ether oxygens (including phenoxy) is 5. The van der Waals surface area contributed by atoms with E-state index in [1.54, 1.807) is 54.9 Å². The number of methoxy groups -OCH3 is 2. The van der Waals surface area contributed by atoms with Gasteiger partial charge in [0.05, 0.1) is 44.1 Å². The lowest BCUT2D eigenvalue weighted by Crippen LogP contribution is -2.60. The molecule has 0 bridgehead atoms. The summed E-state index contributed by atoms with van der Waals surface area (Å²) in [7, 11) is 2.83. The molecule has 708 valence electrons. The number of aromatic hydroxyl groups is 1. The van der Waals surface area contributed by atoms with E-state index in [2.05, 4.69) is 68.8 Å². The third kappa shape index (κ3) is 28.8. The van der Waals surface area contributed by atoms with Crippen LogP contribution in [0.25, 0.3) is 10.9 Å². The molecule has 0 saturated carbocycles. The minimum absolute atomic E-state index is 0.000164. The molecule has 1 aliphatic carbocycles. The van der Waals surface area contributed by atoms with E-state index < -0.39 is 161 Å². The second kappa shape index (κ2) is 50.5. The van der Waals surface area contributed by atoms with E-state index in [-0.39, 0.29) is 158 Å². The van der Waals surface area contributed by atoms with Crippen LogP contribution in [-0.4, -0.2) is 249 Å². The Bertz CT molecular complexity index is 4790. The third-order valence-corrected chi connectivity index (χ3v) is 24.7. The number of amides is 12. The minimum atomic E-state index is -1.43. The Morgan fingerprint density at radius 1 is 0.585 bits per heavy atom. The summed E-state index contributed by atoms with van der Waals surface area (Å²) in [4.78, 5) is 186. The maximum absolute atomic E-state index is 14.9. The molecule has 30 N–H and O–H groups in total. The number of unbranched alkanes of at least 4 members (excludes halogenated alkanes) is 3. The normalized spacial score (nSPS) is 17.7. The monoisotopic (exact) mass is 1850 g/mol. The molecule has 44 heteroatoms. The predicted molar refractivity (Wildman–Crippen MR) is 488 cm³/mol. The lowest BCUT2D eigenvalue weighted by molar-refractivity contribution is -0.142. The van der Waals surface area contributed by atoms with Crippen molar-refractivity contribution in [3.63, 3.8) is 0 Å². The highest BCUT2D eigenvalue weighted by Crippen LogP contribution is 2.56. The number of nitrogens with zero attached hydrogens (tertiary/aromatic N) is 1. The average molecular weight is 1850 g/mol. The number of para-hydroxylation sites is 1. The fourth-order valence-corrected chi connectivity index (χ4v) is 17.5. The summed E-state index contributed by atoms with van der Waals surface area (Å²) in [6.45, 7) is 0.549. The van der Waals surface area contributed by atoms with E-state index in [1.807, 2.05) is 30.3 Å². The number of nitrogens with one attached hydrogen (secondary N) is 15. The number of nitrogens with two attached hydrogens (primary N) is 7. The highest BCUT2D eigenvalue weighted by Gasteiger charge is 2.53. The molecular weight excluding hydrogens is 1720 g/mol. The number of cyclic esters (lactones) is 1. The van der Waals surface area contributed by atoms with Crippen LogP contribution in [0, 0.1) is 22.7 Å². The quantitative estimate of drug-likeness (QED) is 0.00768. The minimum Gasteiger partial charge on any atom is -0.502 e. The summed E-state index contributed by atoms with van der Waals surface area (Å²) in [6, 6.07) is 10.3. The number of rotatable bonds is 55. The summed E-state index contributed by atoms with van der Waals surface area (Å²) in [5, 5.41) is 59.5.